The zero-order chi connectivity index (χ0) is 11.5. The van der Waals surface area contributed by atoms with Crippen molar-refractivity contribution in [2.24, 2.45) is 0 Å². The van der Waals surface area contributed by atoms with E-state index < -0.39 is 0 Å². The highest BCUT2D eigenvalue weighted by Crippen LogP contribution is 2.19. The number of aromatic nitrogens is 3. The maximum atomic E-state index is 11.4. The third-order valence-electron chi connectivity index (χ3n) is 2.00. The van der Waals surface area contributed by atoms with E-state index in [2.05, 4.69) is 30.9 Å². The lowest BCUT2D eigenvalue weighted by molar-refractivity contribution is 0.101. The summed E-state index contributed by atoms with van der Waals surface area (Å²) in [5.41, 5.74) is 1.50. The molecule has 0 aliphatic heterocycles. The first-order valence-electron chi connectivity index (χ1n) is 4.62. The summed E-state index contributed by atoms with van der Waals surface area (Å²) >= 11 is 3.30. The monoisotopic (exact) mass is 277 g/mol. The second kappa shape index (κ2) is 4.49. The van der Waals surface area contributed by atoms with Gasteiger partial charge in [-0.1, -0.05) is 0 Å². The fourth-order valence-electron chi connectivity index (χ4n) is 1.30. The number of pyridine rings is 1. The molecule has 0 unspecified atom stereocenters. The molecule has 0 bridgehead atoms. The van der Waals surface area contributed by atoms with E-state index in [0.29, 0.717) is 17.1 Å². The zero-order valence-electron chi connectivity index (χ0n) is 8.51. The summed E-state index contributed by atoms with van der Waals surface area (Å²) in [6, 6.07) is 3.64. The van der Waals surface area contributed by atoms with Crippen LogP contribution in [0.4, 0.5) is 0 Å². The van der Waals surface area contributed by atoms with Gasteiger partial charge in [0, 0.05) is 30.0 Å². The van der Waals surface area contributed by atoms with Crippen LogP contribution in [0, 0.1) is 0 Å². The quantitative estimate of drug-likeness (QED) is 0.792. The van der Waals surface area contributed by atoms with Crippen LogP contribution >= 0.6 is 15.9 Å². The summed E-state index contributed by atoms with van der Waals surface area (Å²) in [5.74, 6) is -0.118. The van der Waals surface area contributed by atoms with Crippen LogP contribution in [0.2, 0.25) is 0 Å². The van der Waals surface area contributed by atoms with Gasteiger partial charge in [-0.3, -0.25) is 14.8 Å². The predicted molar refractivity (Wildman–Crippen MR) is 63.0 cm³/mol. The average molecular weight is 278 g/mol. The van der Waals surface area contributed by atoms with Crippen LogP contribution in [-0.2, 0) is 0 Å². The summed E-state index contributed by atoms with van der Waals surface area (Å²) < 4.78 is 0.879. The molecule has 0 aromatic carbocycles. The molecular weight excluding hydrogens is 270 g/mol. The third kappa shape index (κ3) is 2.14. The van der Waals surface area contributed by atoms with Gasteiger partial charge in [0.05, 0.1) is 5.69 Å². The van der Waals surface area contributed by atoms with Gasteiger partial charge in [-0.05, 0) is 28.1 Å². The van der Waals surface area contributed by atoms with Crippen molar-refractivity contribution in [3.05, 3.63) is 40.9 Å². The largest absolute Gasteiger partial charge is 0.293 e. The first-order valence-corrected chi connectivity index (χ1v) is 5.41. The van der Waals surface area contributed by atoms with Gasteiger partial charge in [-0.15, -0.1) is 0 Å². The number of halogens is 1. The van der Waals surface area contributed by atoms with Gasteiger partial charge in [-0.25, -0.2) is 4.98 Å². The lowest BCUT2D eigenvalue weighted by atomic mass is 10.2. The molecular formula is C11H8BrN3O. The van der Waals surface area contributed by atoms with Crippen LogP contribution in [0.5, 0.6) is 0 Å². The minimum atomic E-state index is -0.118. The molecule has 2 aromatic heterocycles. The van der Waals surface area contributed by atoms with E-state index in [4.69, 9.17) is 0 Å². The van der Waals surface area contributed by atoms with E-state index in [1.54, 1.807) is 18.5 Å². The highest BCUT2D eigenvalue weighted by molar-refractivity contribution is 9.10. The Morgan fingerprint density at radius 3 is 2.56 bits per heavy atom. The van der Waals surface area contributed by atoms with Gasteiger partial charge in [0.2, 0.25) is 0 Å². The summed E-state index contributed by atoms with van der Waals surface area (Å²) in [5, 5.41) is 0. The molecule has 4 nitrogen and oxygen atoms in total. The second-order valence-corrected chi connectivity index (χ2v) is 4.09. The van der Waals surface area contributed by atoms with Gasteiger partial charge >= 0.3 is 0 Å². The number of carbonyl (C=O) groups excluding carboxylic acids is 1. The van der Waals surface area contributed by atoms with Gasteiger partial charge in [0.15, 0.2) is 5.78 Å². The molecule has 0 radical (unpaired) electrons. The van der Waals surface area contributed by atoms with Crippen LogP contribution in [0.1, 0.15) is 17.4 Å². The smallest absolute Gasteiger partial charge is 0.180 e. The van der Waals surface area contributed by atoms with Crippen molar-refractivity contribution in [2.75, 3.05) is 0 Å². The van der Waals surface area contributed by atoms with Crippen molar-refractivity contribution in [1.82, 2.24) is 15.0 Å². The fourth-order valence-corrected chi connectivity index (χ4v) is 1.53. The lowest BCUT2D eigenvalue weighted by Crippen LogP contribution is -2.02. The van der Waals surface area contributed by atoms with E-state index in [-0.39, 0.29) is 5.78 Å². The van der Waals surface area contributed by atoms with Crippen LogP contribution in [0.15, 0.2) is 35.2 Å². The summed E-state index contributed by atoms with van der Waals surface area (Å²) in [7, 11) is 0. The van der Waals surface area contributed by atoms with Gasteiger partial charge in [0.25, 0.3) is 0 Å². The first-order chi connectivity index (χ1) is 7.68. The zero-order valence-corrected chi connectivity index (χ0v) is 10.1. The van der Waals surface area contributed by atoms with E-state index in [1.807, 2.05) is 6.07 Å². The third-order valence-corrected chi connectivity index (χ3v) is 2.47. The Kier molecular flexibility index (Phi) is 3.05. The highest BCUT2D eigenvalue weighted by Gasteiger charge is 2.12. The SMILES string of the molecule is CC(=O)c1nccnc1-c1ccc(Br)cn1. The minimum Gasteiger partial charge on any atom is -0.293 e. The lowest BCUT2D eigenvalue weighted by Gasteiger charge is -2.03. The number of nitrogens with zero attached hydrogens (tertiary/aromatic N) is 3. The average Bonchev–Trinajstić information content (AvgIpc) is 2.30. The first kappa shape index (κ1) is 10.9. The summed E-state index contributed by atoms with van der Waals surface area (Å²) in [6.07, 6.45) is 4.71. The Morgan fingerprint density at radius 2 is 1.94 bits per heavy atom. The van der Waals surface area contributed by atoms with Crippen LogP contribution in [0.25, 0.3) is 11.4 Å². The molecule has 0 spiro atoms. The van der Waals surface area contributed by atoms with Crippen LogP contribution < -0.4 is 0 Å². The number of hydrogen-bond donors (Lipinski definition) is 0. The molecule has 2 rings (SSSR count). The number of ketones is 1. The maximum absolute atomic E-state index is 11.4. The van der Waals surface area contributed by atoms with E-state index >= 15 is 0 Å². The molecule has 0 aliphatic rings. The Morgan fingerprint density at radius 1 is 1.19 bits per heavy atom. The summed E-state index contributed by atoms with van der Waals surface area (Å²) in [4.78, 5) is 23.7. The van der Waals surface area contributed by atoms with Crippen LogP contribution in [0.3, 0.4) is 0 Å². The Bertz CT molecular complexity index is 525. The molecule has 2 heterocycles. The molecule has 0 N–H and O–H groups in total. The molecule has 5 heteroatoms. The second-order valence-electron chi connectivity index (χ2n) is 3.17. The molecule has 0 amide bonds. The maximum Gasteiger partial charge on any atom is 0.180 e. The van der Waals surface area contributed by atoms with Crippen molar-refractivity contribution in [3.63, 3.8) is 0 Å². The normalized spacial score (nSPS) is 10.1. The molecule has 0 aliphatic carbocycles. The van der Waals surface area contributed by atoms with Crippen molar-refractivity contribution >= 4 is 21.7 Å². The van der Waals surface area contributed by atoms with Crippen LogP contribution in [-0.4, -0.2) is 20.7 Å². The van der Waals surface area contributed by atoms with Crippen molar-refractivity contribution < 1.29 is 4.79 Å². The van der Waals surface area contributed by atoms with Crippen molar-refractivity contribution in [3.8, 4) is 11.4 Å². The van der Waals surface area contributed by atoms with Gasteiger partial charge in [0.1, 0.15) is 11.4 Å². The van der Waals surface area contributed by atoms with E-state index in [0.717, 1.165) is 4.47 Å². The number of carbonyl (C=O) groups is 1. The Balaban J connectivity index is 2.55. The highest BCUT2D eigenvalue weighted by atomic mass is 79.9. The molecule has 0 saturated carbocycles. The van der Waals surface area contributed by atoms with Crippen molar-refractivity contribution in [2.45, 2.75) is 6.92 Å². The Hall–Kier alpha value is -1.62. The van der Waals surface area contributed by atoms with Gasteiger partial charge in [-0.2, -0.15) is 0 Å². The fraction of sp³-hybridized carbons (Fsp3) is 0.0909. The molecule has 16 heavy (non-hydrogen) atoms. The number of Topliss-reactive ketones (excluding diaryl/α,β-unsaturated/α-hetero) is 1. The molecule has 0 atom stereocenters. The minimum absolute atomic E-state index is 0.118. The van der Waals surface area contributed by atoms with Crippen molar-refractivity contribution in [1.29, 1.82) is 0 Å². The van der Waals surface area contributed by atoms with Gasteiger partial charge < -0.3 is 0 Å². The summed E-state index contributed by atoms with van der Waals surface area (Å²) in [6.45, 7) is 1.46. The van der Waals surface area contributed by atoms with E-state index in [9.17, 15) is 4.79 Å². The predicted octanol–water partition coefficient (Wildman–Crippen LogP) is 2.50. The number of rotatable bonds is 2. The van der Waals surface area contributed by atoms with E-state index in [1.165, 1.54) is 13.1 Å². The molecule has 2 aromatic rings. The molecule has 0 fully saturated rings. The standard InChI is InChI=1S/C11H8BrN3O/c1-7(16)10-11(14-5-4-13-10)9-3-2-8(12)6-15-9/h2-6H,1H3. The molecule has 0 saturated heterocycles. The number of hydrogen-bond acceptors (Lipinski definition) is 4. The topological polar surface area (TPSA) is 55.7 Å². The Labute approximate surface area is 101 Å². The molecule has 80 valence electrons.